The maximum absolute atomic E-state index is 6.05. The minimum absolute atomic E-state index is 0.158. The summed E-state index contributed by atoms with van der Waals surface area (Å²) in [6.45, 7) is 6.20. The molecule has 3 N–H and O–H groups in total. The summed E-state index contributed by atoms with van der Waals surface area (Å²) < 4.78 is 7.43. The molecule has 4 rings (SSSR count). The number of nitrogens with two attached hydrogens (primary N) is 1. The summed E-state index contributed by atoms with van der Waals surface area (Å²) in [7, 11) is 1.87. The third kappa shape index (κ3) is 3.16. The van der Waals surface area contributed by atoms with Crippen LogP contribution in [0.3, 0.4) is 0 Å². The number of halogens is 1. The first kappa shape index (κ1) is 18.2. The van der Waals surface area contributed by atoms with Gasteiger partial charge in [0.2, 0.25) is 11.2 Å². The van der Waals surface area contributed by atoms with Crippen LogP contribution in [-0.2, 0) is 12.5 Å². The van der Waals surface area contributed by atoms with Gasteiger partial charge < -0.3 is 20.1 Å². The highest BCUT2D eigenvalue weighted by atomic mass is 35.5. The molecule has 0 aliphatic rings. The molecule has 0 unspecified atom stereocenters. The fourth-order valence-electron chi connectivity index (χ4n) is 2.93. The molecule has 28 heavy (non-hydrogen) atoms. The van der Waals surface area contributed by atoms with E-state index in [0.717, 1.165) is 28.0 Å². The van der Waals surface area contributed by atoms with Gasteiger partial charge in [0.05, 0.1) is 16.8 Å². The minimum atomic E-state index is -0.171. The lowest BCUT2D eigenvalue weighted by molar-refractivity contribution is 0.330. The van der Waals surface area contributed by atoms with E-state index in [1.165, 1.54) is 0 Å². The fourth-order valence-corrected chi connectivity index (χ4v) is 3.08. The van der Waals surface area contributed by atoms with Crippen molar-refractivity contribution in [1.29, 1.82) is 0 Å². The van der Waals surface area contributed by atoms with Gasteiger partial charge in [0, 0.05) is 24.7 Å². The van der Waals surface area contributed by atoms with Gasteiger partial charge in [0.1, 0.15) is 22.8 Å². The number of nitrogens with one attached hydrogen (secondary N) is 1. The molecule has 9 heteroatoms. The number of aromatic nitrogens is 5. The van der Waals surface area contributed by atoms with Crippen molar-refractivity contribution in [3.63, 3.8) is 0 Å². The zero-order valence-corrected chi connectivity index (χ0v) is 16.7. The maximum Gasteiger partial charge on any atom is 0.224 e. The number of nitrogens with zero attached hydrogens (tertiary/aromatic N) is 5. The summed E-state index contributed by atoms with van der Waals surface area (Å²) in [6, 6.07) is 7.53. The molecule has 0 saturated carbocycles. The van der Waals surface area contributed by atoms with Crippen LogP contribution in [0.15, 0.2) is 35.0 Å². The Kier molecular flexibility index (Phi) is 4.23. The third-order valence-electron chi connectivity index (χ3n) is 4.48. The predicted octanol–water partition coefficient (Wildman–Crippen LogP) is 4.30. The molecule has 144 valence electrons. The second kappa shape index (κ2) is 6.49. The minimum Gasteiger partial charge on any atom is -0.369 e. The lowest BCUT2D eigenvalue weighted by atomic mass is 9.92. The molecule has 0 amide bonds. The number of imidazole rings is 1. The van der Waals surface area contributed by atoms with E-state index in [2.05, 4.69) is 46.2 Å². The van der Waals surface area contributed by atoms with Crippen LogP contribution in [0.2, 0.25) is 5.28 Å². The average molecular weight is 398 g/mol. The van der Waals surface area contributed by atoms with Crippen molar-refractivity contribution in [3.8, 4) is 11.3 Å². The summed E-state index contributed by atoms with van der Waals surface area (Å²) in [4.78, 5) is 12.7. The van der Waals surface area contributed by atoms with Crippen LogP contribution in [0.25, 0.3) is 22.3 Å². The summed E-state index contributed by atoms with van der Waals surface area (Å²) in [5.74, 6) is 1.75. The number of nitrogen functional groups attached to an aromatic ring is 1. The highest BCUT2D eigenvalue weighted by Gasteiger charge is 2.24. The Morgan fingerprint density at radius 2 is 1.96 bits per heavy atom. The Labute approximate surface area is 166 Å². The molecule has 4 aromatic rings. The van der Waals surface area contributed by atoms with Gasteiger partial charge in [-0.3, -0.25) is 0 Å². The molecule has 0 saturated heterocycles. The van der Waals surface area contributed by atoms with Crippen molar-refractivity contribution in [3.05, 3.63) is 41.5 Å². The van der Waals surface area contributed by atoms with Gasteiger partial charge in [0.25, 0.3) is 0 Å². The molecule has 0 aliphatic carbocycles. The number of aryl methyl sites for hydroxylation is 1. The fraction of sp³-hybridized carbons (Fsp3) is 0.263. The normalized spacial score (nSPS) is 11.9. The van der Waals surface area contributed by atoms with Crippen LogP contribution in [-0.4, -0.2) is 24.7 Å². The first-order valence-electron chi connectivity index (χ1n) is 8.72. The van der Waals surface area contributed by atoms with E-state index in [4.69, 9.17) is 21.9 Å². The Hall–Kier alpha value is -3.13. The van der Waals surface area contributed by atoms with E-state index in [0.29, 0.717) is 17.5 Å². The summed E-state index contributed by atoms with van der Waals surface area (Å²) in [5.41, 5.74) is 9.68. The van der Waals surface area contributed by atoms with Gasteiger partial charge in [-0.15, -0.1) is 0 Å². The molecular weight excluding hydrogens is 378 g/mol. The van der Waals surface area contributed by atoms with Crippen LogP contribution in [0.1, 0.15) is 26.5 Å². The Bertz CT molecular complexity index is 1170. The summed E-state index contributed by atoms with van der Waals surface area (Å²) >= 11 is 5.92. The number of anilines is 3. The largest absolute Gasteiger partial charge is 0.369 e. The van der Waals surface area contributed by atoms with Gasteiger partial charge in [0.15, 0.2) is 0 Å². The number of benzene rings is 1. The van der Waals surface area contributed by atoms with Crippen LogP contribution in [0.5, 0.6) is 0 Å². The van der Waals surface area contributed by atoms with Crippen LogP contribution >= 0.6 is 11.6 Å². The smallest absolute Gasteiger partial charge is 0.224 e. The quantitative estimate of drug-likeness (QED) is 0.496. The average Bonchev–Trinajstić information content (AvgIpc) is 3.21. The van der Waals surface area contributed by atoms with Crippen molar-refractivity contribution in [2.24, 2.45) is 7.05 Å². The standard InChI is InChI=1S/C19H20ClN7O/c1-19(2,3)13-9-11(26-28-13)15-10(23-14-7-8-22-17(20)24-14)5-6-12-16(15)25-18(21)27(12)4/h5-9H,1-4H3,(H2,21,25)(H,22,23,24). The molecule has 8 nitrogen and oxygen atoms in total. The second-order valence-corrected chi connectivity index (χ2v) is 7.89. The highest BCUT2D eigenvalue weighted by molar-refractivity contribution is 6.28. The molecule has 3 heterocycles. The highest BCUT2D eigenvalue weighted by Crippen LogP contribution is 2.38. The van der Waals surface area contributed by atoms with Gasteiger partial charge >= 0.3 is 0 Å². The molecule has 1 aromatic carbocycles. The van der Waals surface area contributed by atoms with Crippen molar-refractivity contribution < 1.29 is 4.52 Å². The molecule has 3 aromatic heterocycles. The SMILES string of the molecule is Cn1c(N)nc2c(-c3cc(C(C)(C)C)on3)c(Nc3ccnc(Cl)n3)ccc21. The van der Waals surface area contributed by atoms with Crippen LogP contribution < -0.4 is 11.1 Å². The van der Waals surface area contributed by atoms with Crippen molar-refractivity contribution >= 4 is 40.1 Å². The number of rotatable bonds is 3. The summed E-state index contributed by atoms with van der Waals surface area (Å²) in [5, 5.41) is 7.73. The predicted molar refractivity (Wildman–Crippen MR) is 110 cm³/mol. The summed E-state index contributed by atoms with van der Waals surface area (Å²) in [6.07, 6.45) is 1.59. The second-order valence-electron chi connectivity index (χ2n) is 7.55. The van der Waals surface area contributed by atoms with Gasteiger partial charge in [-0.25, -0.2) is 15.0 Å². The first-order chi connectivity index (χ1) is 13.2. The van der Waals surface area contributed by atoms with E-state index in [1.807, 2.05) is 29.8 Å². The van der Waals surface area contributed by atoms with Crippen LogP contribution in [0, 0.1) is 0 Å². The van der Waals surface area contributed by atoms with Gasteiger partial charge in [-0.05, 0) is 29.8 Å². The van der Waals surface area contributed by atoms with E-state index < -0.39 is 0 Å². The molecule has 0 radical (unpaired) electrons. The number of hydrogen-bond acceptors (Lipinski definition) is 7. The lowest BCUT2D eigenvalue weighted by Gasteiger charge is -2.12. The molecule has 0 fully saturated rings. The van der Waals surface area contributed by atoms with E-state index in [1.54, 1.807) is 12.3 Å². The number of hydrogen-bond donors (Lipinski definition) is 2. The lowest BCUT2D eigenvalue weighted by Crippen LogP contribution is -2.09. The third-order valence-corrected chi connectivity index (χ3v) is 4.66. The van der Waals surface area contributed by atoms with E-state index >= 15 is 0 Å². The zero-order chi connectivity index (χ0) is 20.1. The molecule has 0 atom stereocenters. The Balaban J connectivity index is 1.92. The van der Waals surface area contributed by atoms with Crippen molar-refractivity contribution in [1.82, 2.24) is 24.7 Å². The zero-order valence-electron chi connectivity index (χ0n) is 16.0. The molecular formula is C19H20ClN7O. The van der Waals surface area contributed by atoms with E-state index in [-0.39, 0.29) is 10.7 Å². The van der Waals surface area contributed by atoms with Gasteiger partial charge in [-0.1, -0.05) is 25.9 Å². The Morgan fingerprint density at radius 3 is 2.64 bits per heavy atom. The molecule has 0 bridgehead atoms. The maximum atomic E-state index is 6.05. The first-order valence-corrected chi connectivity index (χ1v) is 9.10. The van der Waals surface area contributed by atoms with Crippen molar-refractivity contribution in [2.45, 2.75) is 26.2 Å². The molecule has 0 aliphatic heterocycles. The Morgan fingerprint density at radius 1 is 1.18 bits per heavy atom. The molecule has 0 spiro atoms. The topological polar surface area (TPSA) is 108 Å². The number of fused-ring (bicyclic) bond motifs is 1. The van der Waals surface area contributed by atoms with E-state index in [9.17, 15) is 0 Å². The van der Waals surface area contributed by atoms with Crippen molar-refractivity contribution in [2.75, 3.05) is 11.1 Å². The van der Waals surface area contributed by atoms with Crippen LogP contribution in [0.4, 0.5) is 17.5 Å². The monoisotopic (exact) mass is 397 g/mol. The van der Waals surface area contributed by atoms with Gasteiger partial charge in [-0.2, -0.15) is 0 Å².